The fraction of sp³-hybridized carbons (Fsp3) is 0.375. The zero-order valence-corrected chi connectivity index (χ0v) is 17.0. The second-order valence-electron chi connectivity index (χ2n) is 8.07. The molecular formula is C24H26N2OS. The molecule has 2 heterocycles. The Labute approximate surface area is 171 Å². The number of thioether (sulfide) groups is 1. The molecule has 0 aromatic heterocycles. The van der Waals surface area contributed by atoms with E-state index in [1.165, 1.54) is 28.9 Å². The molecule has 0 bridgehead atoms. The number of fused-ring (bicyclic) bond motifs is 3. The van der Waals surface area contributed by atoms with Crippen LogP contribution >= 0.6 is 11.8 Å². The second kappa shape index (κ2) is 7.41. The first-order valence-electron chi connectivity index (χ1n) is 10.3. The van der Waals surface area contributed by atoms with Gasteiger partial charge in [-0.1, -0.05) is 48.6 Å². The Hall–Kier alpha value is -2.04. The number of hydrogen-bond donors (Lipinski definition) is 0. The van der Waals surface area contributed by atoms with Crippen LogP contribution in [0.25, 0.3) is 6.08 Å². The van der Waals surface area contributed by atoms with Crippen molar-refractivity contribution in [3.05, 3.63) is 65.7 Å². The van der Waals surface area contributed by atoms with Gasteiger partial charge in [-0.2, -0.15) is 0 Å². The van der Waals surface area contributed by atoms with Crippen molar-refractivity contribution in [3.8, 4) is 0 Å². The molecule has 4 heteroatoms. The molecule has 5 rings (SSSR count). The molecular weight excluding hydrogens is 364 g/mol. The Morgan fingerprint density at radius 3 is 2.64 bits per heavy atom. The van der Waals surface area contributed by atoms with Gasteiger partial charge in [0.1, 0.15) is 0 Å². The zero-order valence-electron chi connectivity index (χ0n) is 16.1. The maximum Gasteiger partial charge on any atom is 0.237 e. The number of likely N-dealkylation sites (tertiary alicyclic amines) is 1. The van der Waals surface area contributed by atoms with Gasteiger partial charge in [0.2, 0.25) is 5.91 Å². The van der Waals surface area contributed by atoms with Crippen molar-refractivity contribution in [2.24, 2.45) is 0 Å². The average molecular weight is 391 g/mol. The van der Waals surface area contributed by atoms with Crippen LogP contribution in [0.3, 0.4) is 0 Å². The van der Waals surface area contributed by atoms with Crippen LogP contribution in [0.1, 0.15) is 30.4 Å². The van der Waals surface area contributed by atoms with Crippen molar-refractivity contribution in [2.45, 2.75) is 29.6 Å². The Bertz CT molecular complexity index is 914. The van der Waals surface area contributed by atoms with Crippen LogP contribution in [0.15, 0.2) is 59.5 Å². The molecule has 1 spiro atoms. The smallest absolute Gasteiger partial charge is 0.237 e. The minimum atomic E-state index is 0.244. The Morgan fingerprint density at radius 1 is 0.964 bits per heavy atom. The Kier molecular flexibility index (Phi) is 4.77. The maximum absolute atomic E-state index is 12.4. The summed E-state index contributed by atoms with van der Waals surface area (Å²) in [4.78, 5) is 18.2. The molecule has 0 atom stereocenters. The lowest BCUT2D eigenvalue weighted by atomic mass is 9.74. The fourth-order valence-corrected chi connectivity index (χ4v) is 5.83. The molecule has 3 nitrogen and oxygen atoms in total. The van der Waals surface area contributed by atoms with Crippen molar-refractivity contribution in [1.82, 2.24) is 4.90 Å². The predicted octanol–water partition coefficient (Wildman–Crippen LogP) is 4.58. The molecule has 0 radical (unpaired) electrons. The van der Waals surface area contributed by atoms with E-state index >= 15 is 0 Å². The first-order chi connectivity index (χ1) is 13.8. The van der Waals surface area contributed by atoms with E-state index in [-0.39, 0.29) is 11.3 Å². The van der Waals surface area contributed by atoms with Gasteiger partial charge in [0.05, 0.1) is 11.4 Å². The van der Waals surface area contributed by atoms with Gasteiger partial charge in [-0.05, 0) is 62.2 Å². The van der Waals surface area contributed by atoms with E-state index in [1.54, 1.807) is 11.8 Å². The summed E-state index contributed by atoms with van der Waals surface area (Å²) in [6, 6.07) is 17.1. The van der Waals surface area contributed by atoms with Gasteiger partial charge < -0.3 is 9.80 Å². The van der Waals surface area contributed by atoms with E-state index in [4.69, 9.17) is 0 Å². The maximum atomic E-state index is 12.4. The molecule has 3 aliphatic rings. The minimum absolute atomic E-state index is 0.244. The number of para-hydroxylation sites is 1. The number of nitrogens with zero attached hydrogens (tertiary/aromatic N) is 2. The predicted molar refractivity (Wildman–Crippen MR) is 117 cm³/mol. The second-order valence-corrected chi connectivity index (χ2v) is 9.09. The van der Waals surface area contributed by atoms with E-state index < -0.39 is 0 Å². The van der Waals surface area contributed by atoms with E-state index in [0.29, 0.717) is 5.75 Å². The van der Waals surface area contributed by atoms with Crippen molar-refractivity contribution in [3.63, 3.8) is 0 Å². The summed E-state index contributed by atoms with van der Waals surface area (Å²) in [6.45, 7) is 4.17. The largest absolute Gasteiger partial charge is 0.311 e. The topological polar surface area (TPSA) is 23.6 Å². The van der Waals surface area contributed by atoms with Crippen LogP contribution in [-0.4, -0.2) is 42.7 Å². The summed E-state index contributed by atoms with van der Waals surface area (Å²) in [7, 11) is 0. The highest BCUT2D eigenvalue weighted by Gasteiger charge is 2.37. The van der Waals surface area contributed by atoms with E-state index in [2.05, 4.69) is 59.5 Å². The quantitative estimate of drug-likeness (QED) is 0.764. The Morgan fingerprint density at radius 2 is 1.75 bits per heavy atom. The van der Waals surface area contributed by atoms with Crippen LogP contribution in [-0.2, 0) is 10.2 Å². The lowest BCUT2D eigenvalue weighted by molar-refractivity contribution is -0.116. The van der Waals surface area contributed by atoms with Gasteiger partial charge in [0, 0.05) is 16.9 Å². The molecule has 0 saturated carbocycles. The zero-order chi connectivity index (χ0) is 19.0. The number of rotatable bonds is 4. The highest BCUT2D eigenvalue weighted by atomic mass is 32.2. The van der Waals surface area contributed by atoms with Crippen molar-refractivity contribution in [1.29, 1.82) is 0 Å². The molecule has 2 aromatic carbocycles. The number of benzene rings is 2. The number of hydrogen-bond acceptors (Lipinski definition) is 3. The summed E-state index contributed by atoms with van der Waals surface area (Å²) in [5.74, 6) is 0.809. The standard InChI is InChI=1S/C24H26N2OS/c27-23-18-28-22-9-4-3-8-21(22)26(23)15-5-14-25-16-12-24(13-17-25)11-10-19-6-1-2-7-20(19)24/h1-4,6-11H,5,12-18H2. The van der Waals surface area contributed by atoms with Gasteiger partial charge >= 0.3 is 0 Å². The molecule has 1 fully saturated rings. The Balaban J connectivity index is 1.17. The van der Waals surface area contributed by atoms with Crippen LogP contribution in [0.4, 0.5) is 5.69 Å². The lowest BCUT2D eigenvalue weighted by Crippen LogP contribution is -2.42. The molecule has 1 amide bonds. The van der Waals surface area contributed by atoms with Gasteiger partial charge in [-0.25, -0.2) is 0 Å². The van der Waals surface area contributed by atoms with Crippen LogP contribution in [0.2, 0.25) is 0 Å². The molecule has 144 valence electrons. The normalized spacial score (nSPS) is 20.4. The summed E-state index contributed by atoms with van der Waals surface area (Å²) < 4.78 is 0. The number of carbonyl (C=O) groups excluding carboxylic acids is 1. The van der Waals surface area contributed by atoms with E-state index in [1.807, 2.05) is 11.0 Å². The molecule has 0 unspecified atom stereocenters. The van der Waals surface area contributed by atoms with Crippen LogP contribution in [0.5, 0.6) is 0 Å². The lowest BCUT2D eigenvalue weighted by Gasteiger charge is -2.39. The number of anilines is 1. The third-order valence-electron chi connectivity index (χ3n) is 6.49. The minimum Gasteiger partial charge on any atom is -0.311 e. The summed E-state index contributed by atoms with van der Waals surface area (Å²) in [5.41, 5.74) is 4.26. The fourth-order valence-electron chi connectivity index (χ4n) is 4.90. The third kappa shape index (κ3) is 3.19. The molecule has 0 N–H and O–H groups in total. The third-order valence-corrected chi connectivity index (χ3v) is 7.54. The van der Waals surface area contributed by atoms with E-state index in [0.717, 1.165) is 38.3 Å². The van der Waals surface area contributed by atoms with Gasteiger partial charge in [-0.15, -0.1) is 11.8 Å². The SMILES string of the molecule is O=C1CSc2ccccc2N1CCCN1CCC2(C=Cc3ccccc32)CC1. The number of piperidine rings is 1. The van der Waals surface area contributed by atoms with Crippen LogP contribution in [0, 0.1) is 0 Å². The van der Waals surface area contributed by atoms with Gasteiger partial charge in [-0.3, -0.25) is 4.79 Å². The molecule has 2 aliphatic heterocycles. The molecule has 28 heavy (non-hydrogen) atoms. The summed E-state index contributed by atoms with van der Waals surface area (Å²) >= 11 is 1.66. The van der Waals surface area contributed by atoms with Crippen molar-refractivity contribution in [2.75, 3.05) is 36.8 Å². The molecule has 2 aromatic rings. The van der Waals surface area contributed by atoms with Crippen LogP contribution < -0.4 is 4.90 Å². The first kappa shape index (κ1) is 18.0. The monoisotopic (exact) mass is 390 g/mol. The first-order valence-corrected chi connectivity index (χ1v) is 11.3. The van der Waals surface area contributed by atoms with E-state index in [9.17, 15) is 4.79 Å². The summed E-state index contributed by atoms with van der Waals surface area (Å²) in [5, 5.41) is 0. The average Bonchev–Trinajstić information content (AvgIpc) is 3.10. The summed E-state index contributed by atoms with van der Waals surface area (Å²) in [6.07, 6.45) is 8.17. The molecule has 1 aliphatic carbocycles. The highest BCUT2D eigenvalue weighted by molar-refractivity contribution is 8.00. The van der Waals surface area contributed by atoms with Crippen molar-refractivity contribution < 1.29 is 4.79 Å². The number of allylic oxidation sites excluding steroid dienone is 1. The number of carbonyl (C=O) groups is 1. The highest BCUT2D eigenvalue weighted by Crippen LogP contribution is 2.43. The van der Waals surface area contributed by atoms with Crippen molar-refractivity contribution >= 4 is 29.4 Å². The number of amides is 1. The van der Waals surface area contributed by atoms with Gasteiger partial charge in [0.15, 0.2) is 0 Å². The van der Waals surface area contributed by atoms with Gasteiger partial charge in [0.25, 0.3) is 0 Å². The molecule has 1 saturated heterocycles.